The first kappa shape index (κ1) is 15.6. The Morgan fingerprint density at radius 1 is 1.23 bits per heavy atom. The van der Waals surface area contributed by atoms with Crippen LogP contribution in [-0.2, 0) is 16.6 Å². The van der Waals surface area contributed by atoms with Crippen molar-refractivity contribution in [3.8, 4) is 0 Å². The Labute approximate surface area is 125 Å². The lowest BCUT2D eigenvalue weighted by Gasteiger charge is -2.14. The summed E-state index contributed by atoms with van der Waals surface area (Å²) in [6.07, 6.45) is 1.60. The molecule has 2 amide bonds. The summed E-state index contributed by atoms with van der Waals surface area (Å²) < 4.78 is 27.9. The molecule has 1 heterocycles. The predicted octanol–water partition coefficient (Wildman–Crippen LogP) is 1.51. The maximum absolute atomic E-state index is 13.6. The van der Waals surface area contributed by atoms with Gasteiger partial charge >= 0.3 is 11.8 Å². The van der Waals surface area contributed by atoms with Crippen LogP contribution in [-0.4, -0.2) is 21.6 Å². The zero-order chi connectivity index (χ0) is 16.3. The topological polar surface area (TPSA) is 76.0 Å². The molecule has 1 aromatic heterocycles. The van der Waals surface area contributed by atoms with Crippen LogP contribution >= 0.6 is 0 Å². The van der Waals surface area contributed by atoms with Crippen molar-refractivity contribution < 1.29 is 18.4 Å². The van der Waals surface area contributed by atoms with Gasteiger partial charge in [-0.2, -0.15) is 5.10 Å². The number of carbonyl (C=O) groups is 2. The van der Waals surface area contributed by atoms with Crippen LogP contribution in [0, 0.1) is 11.6 Å². The number of benzene rings is 1. The summed E-state index contributed by atoms with van der Waals surface area (Å²) in [6, 6.07) is 3.74. The van der Waals surface area contributed by atoms with Crippen molar-refractivity contribution in [2.45, 2.75) is 13.0 Å². The number of hydrogen-bond acceptors (Lipinski definition) is 3. The SMILES string of the molecule is CC(NC(=O)C(=O)Nc1ccn(C)n1)c1ccc(F)cc1F. The lowest BCUT2D eigenvalue weighted by molar-refractivity contribution is -0.136. The second-order valence-corrected chi connectivity index (χ2v) is 4.69. The van der Waals surface area contributed by atoms with Crippen LogP contribution in [0.5, 0.6) is 0 Å². The number of carbonyl (C=O) groups excluding carboxylic acids is 2. The Hall–Kier alpha value is -2.77. The average molecular weight is 308 g/mol. The smallest absolute Gasteiger partial charge is 0.314 e. The van der Waals surface area contributed by atoms with Crippen LogP contribution < -0.4 is 10.6 Å². The highest BCUT2D eigenvalue weighted by Crippen LogP contribution is 2.17. The molecular formula is C14H14F2N4O2. The van der Waals surface area contributed by atoms with Crippen molar-refractivity contribution in [1.82, 2.24) is 15.1 Å². The molecule has 1 atom stereocenters. The van der Waals surface area contributed by atoms with E-state index < -0.39 is 29.5 Å². The standard InChI is InChI=1S/C14H14F2N4O2/c1-8(10-4-3-9(15)7-11(10)16)17-13(21)14(22)18-12-5-6-20(2)19-12/h3-8H,1-2H3,(H,17,21)(H,18,19,22). The van der Waals surface area contributed by atoms with Gasteiger partial charge in [0.1, 0.15) is 11.6 Å². The monoisotopic (exact) mass is 308 g/mol. The third-order valence-corrected chi connectivity index (χ3v) is 2.94. The van der Waals surface area contributed by atoms with Crippen molar-refractivity contribution in [3.63, 3.8) is 0 Å². The number of nitrogens with zero attached hydrogens (tertiary/aromatic N) is 2. The Bertz CT molecular complexity index is 715. The van der Waals surface area contributed by atoms with Crippen LogP contribution in [0.1, 0.15) is 18.5 Å². The number of aromatic nitrogens is 2. The molecule has 0 radical (unpaired) electrons. The van der Waals surface area contributed by atoms with Gasteiger partial charge in [0, 0.05) is 30.9 Å². The second-order valence-electron chi connectivity index (χ2n) is 4.69. The van der Waals surface area contributed by atoms with Gasteiger partial charge in [-0.1, -0.05) is 6.07 Å². The van der Waals surface area contributed by atoms with E-state index in [0.29, 0.717) is 6.07 Å². The fourth-order valence-electron chi connectivity index (χ4n) is 1.85. The van der Waals surface area contributed by atoms with E-state index in [2.05, 4.69) is 15.7 Å². The summed E-state index contributed by atoms with van der Waals surface area (Å²) in [5, 5.41) is 8.54. The van der Waals surface area contributed by atoms with Crippen molar-refractivity contribution in [1.29, 1.82) is 0 Å². The van der Waals surface area contributed by atoms with Crippen LogP contribution in [0.2, 0.25) is 0 Å². The molecule has 0 aliphatic carbocycles. The summed E-state index contributed by atoms with van der Waals surface area (Å²) in [6.45, 7) is 1.49. The van der Waals surface area contributed by atoms with Gasteiger partial charge in [0.2, 0.25) is 0 Å². The molecule has 1 aromatic carbocycles. The van der Waals surface area contributed by atoms with Gasteiger partial charge in [-0.15, -0.1) is 0 Å². The molecule has 0 spiro atoms. The first-order chi connectivity index (χ1) is 10.4. The normalized spacial score (nSPS) is 11.8. The van der Waals surface area contributed by atoms with Gasteiger partial charge in [-0.05, 0) is 13.0 Å². The summed E-state index contributed by atoms with van der Waals surface area (Å²) >= 11 is 0. The third-order valence-electron chi connectivity index (χ3n) is 2.94. The van der Waals surface area contributed by atoms with E-state index in [1.165, 1.54) is 23.7 Å². The van der Waals surface area contributed by atoms with Gasteiger partial charge in [0.15, 0.2) is 5.82 Å². The average Bonchev–Trinajstić information content (AvgIpc) is 2.83. The highest BCUT2D eigenvalue weighted by molar-refractivity contribution is 6.39. The molecule has 2 rings (SSSR count). The molecule has 0 aliphatic rings. The largest absolute Gasteiger partial charge is 0.341 e. The van der Waals surface area contributed by atoms with Crippen LogP contribution in [0.15, 0.2) is 30.5 Å². The van der Waals surface area contributed by atoms with Gasteiger partial charge in [-0.25, -0.2) is 8.78 Å². The van der Waals surface area contributed by atoms with Gasteiger partial charge in [0.25, 0.3) is 0 Å². The Kier molecular flexibility index (Phi) is 4.50. The van der Waals surface area contributed by atoms with E-state index in [1.807, 2.05) is 0 Å². The Morgan fingerprint density at radius 3 is 2.55 bits per heavy atom. The van der Waals surface area contributed by atoms with Crippen molar-refractivity contribution in [2.24, 2.45) is 7.05 Å². The third kappa shape index (κ3) is 3.66. The molecule has 0 saturated heterocycles. The summed E-state index contributed by atoms with van der Waals surface area (Å²) in [5.74, 6) is -3.15. The van der Waals surface area contributed by atoms with E-state index in [0.717, 1.165) is 6.07 Å². The summed E-state index contributed by atoms with van der Waals surface area (Å²) in [4.78, 5) is 23.5. The van der Waals surface area contributed by atoms with Crippen LogP contribution in [0.25, 0.3) is 0 Å². The van der Waals surface area contributed by atoms with Crippen molar-refractivity contribution >= 4 is 17.6 Å². The molecule has 6 nitrogen and oxygen atoms in total. The van der Waals surface area contributed by atoms with E-state index in [4.69, 9.17) is 0 Å². The maximum Gasteiger partial charge on any atom is 0.314 e. The molecule has 0 saturated carbocycles. The van der Waals surface area contributed by atoms with E-state index in [-0.39, 0.29) is 11.4 Å². The van der Waals surface area contributed by atoms with Gasteiger partial charge < -0.3 is 10.6 Å². The summed E-state index contributed by atoms with van der Waals surface area (Å²) in [5.41, 5.74) is 0.0837. The van der Waals surface area contributed by atoms with Crippen LogP contribution in [0.3, 0.4) is 0 Å². The molecule has 116 valence electrons. The number of anilines is 1. The lowest BCUT2D eigenvalue weighted by atomic mass is 10.1. The van der Waals surface area contributed by atoms with Gasteiger partial charge in [0.05, 0.1) is 6.04 Å². The molecule has 0 bridgehead atoms. The highest BCUT2D eigenvalue weighted by atomic mass is 19.1. The first-order valence-corrected chi connectivity index (χ1v) is 6.43. The van der Waals surface area contributed by atoms with Crippen molar-refractivity contribution in [2.75, 3.05) is 5.32 Å². The minimum Gasteiger partial charge on any atom is -0.341 e. The zero-order valence-corrected chi connectivity index (χ0v) is 11.9. The molecule has 0 aliphatic heterocycles. The quantitative estimate of drug-likeness (QED) is 0.844. The molecule has 0 fully saturated rings. The van der Waals surface area contributed by atoms with E-state index >= 15 is 0 Å². The molecule has 1 unspecified atom stereocenters. The highest BCUT2D eigenvalue weighted by Gasteiger charge is 2.20. The molecule has 2 aromatic rings. The maximum atomic E-state index is 13.6. The Morgan fingerprint density at radius 2 is 1.95 bits per heavy atom. The fraction of sp³-hybridized carbons (Fsp3) is 0.214. The van der Waals surface area contributed by atoms with E-state index in [9.17, 15) is 18.4 Å². The number of amides is 2. The summed E-state index contributed by atoms with van der Waals surface area (Å²) in [7, 11) is 1.66. The van der Waals surface area contributed by atoms with Crippen LogP contribution in [0.4, 0.5) is 14.6 Å². The molecule has 22 heavy (non-hydrogen) atoms. The fourth-order valence-corrected chi connectivity index (χ4v) is 1.85. The van der Waals surface area contributed by atoms with Crippen molar-refractivity contribution in [3.05, 3.63) is 47.7 Å². The first-order valence-electron chi connectivity index (χ1n) is 6.43. The van der Waals surface area contributed by atoms with E-state index in [1.54, 1.807) is 13.2 Å². The predicted molar refractivity (Wildman–Crippen MR) is 74.8 cm³/mol. The number of hydrogen-bond donors (Lipinski definition) is 2. The zero-order valence-electron chi connectivity index (χ0n) is 11.9. The minimum absolute atomic E-state index is 0.0837. The number of nitrogens with one attached hydrogen (secondary N) is 2. The molecular weight excluding hydrogens is 294 g/mol. The number of aryl methyl sites for hydroxylation is 1. The lowest BCUT2D eigenvalue weighted by Crippen LogP contribution is -2.37. The minimum atomic E-state index is -0.943. The number of halogens is 2. The number of rotatable bonds is 3. The molecule has 8 heteroatoms. The molecule has 2 N–H and O–H groups in total. The Balaban J connectivity index is 1.99. The van der Waals surface area contributed by atoms with Gasteiger partial charge in [-0.3, -0.25) is 14.3 Å². The second kappa shape index (κ2) is 6.33.